The van der Waals surface area contributed by atoms with Gasteiger partial charge in [0.05, 0.1) is 0 Å². The van der Waals surface area contributed by atoms with Crippen molar-refractivity contribution in [1.82, 2.24) is 4.98 Å². The summed E-state index contributed by atoms with van der Waals surface area (Å²) in [5, 5.41) is 0. The summed E-state index contributed by atoms with van der Waals surface area (Å²) in [4.78, 5) is 3.97. The number of nitrogens with zero attached hydrogens (tertiary/aromatic N) is 1. The second-order valence-electron chi connectivity index (χ2n) is 3.13. The molecule has 1 aromatic heterocycles. The zero-order valence-corrected chi connectivity index (χ0v) is 7.77. The maximum Gasteiger partial charge on any atom is 0.123 e. The van der Waals surface area contributed by atoms with Crippen molar-refractivity contribution < 1.29 is 0 Å². The Morgan fingerprint density at radius 1 is 1.54 bits per heavy atom. The molecule has 70 valence electrons. The quantitative estimate of drug-likeness (QED) is 0.733. The monoisotopic (exact) mass is 177 g/mol. The largest absolute Gasteiger partial charge is 0.384 e. The highest BCUT2D eigenvalue weighted by Gasteiger charge is 1.89. The van der Waals surface area contributed by atoms with Gasteiger partial charge in [0.1, 0.15) is 5.82 Å². The summed E-state index contributed by atoms with van der Waals surface area (Å²) in [6.07, 6.45) is 6.66. The number of hydrogen-bond acceptors (Lipinski definition) is 3. The zero-order valence-electron chi connectivity index (χ0n) is 7.77. The van der Waals surface area contributed by atoms with Crippen LogP contribution in [0.1, 0.15) is 18.9 Å². The fraction of sp³-hybridized carbons (Fsp3) is 0.300. The number of rotatable bonds is 3. The summed E-state index contributed by atoms with van der Waals surface area (Å²) < 4.78 is 0. The number of nitrogens with two attached hydrogens (primary N) is 2. The van der Waals surface area contributed by atoms with Gasteiger partial charge in [0, 0.05) is 12.2 Å². The normalized spacial score (nSPS) is 13.4. The molecule has 0 aliphatic carbocycles. The van der Waals surface area contributed by atoms with Crippen molar-refractivity contribution in [2.75, 3.05) is 5.73 Å². The molecule has 13 heavy (non-hydrogen) atoms. The first-order chi connectivity index (χ1) is 6.18. The minimum Gasteiger partial charge on any atom is -0.384 e. The summed E-state index contributed by atoms with van der Waals surface area (Å²) in [5.74, 6) is 0.546. The minimum absolute atomic E-state index is 0.206. The molecule has 3 heteroatoms. The highest BCUT2D eigenvalue weighted by atomic mass is 14.8. The van der Waals surface area contributed by atoms with Gasteiger partial charge in [-0.15, -0.1) is 0 Å². The van der Waals surface area contributed by atoms with Crippen LogP contribution in [-0.2, 0) is 0 Å². The molecule has 1 unspecified atom stereocenters. The molecule has 0 spiro atoms. The Morgan fingerprint density at radius 2 is 2.31 bits per heavy atom. The van der Waals surface area contributed by atoms with Crippen molar-refractivity contribution in [3.8, 4) is 0 Å². The molecular formula is C10H15N3. The van der Waals surface area contributed by atoms with E-state index >= 15 is 0 Å². The van der Waals surface area contributed by atoms with Crippen molar-refractivity contribution in [3.63, 3.8) is 0 Å². The molecule has 0 bridgehead atoms. The van der Waals surface area contributed by atoms with Gasteiger partial charge in [-0.3, -0.25) is 0 Å². The maximum atomic E-state index is 5.59. The molecule has 4 N–H and O–H groups in total. The number of anilines is 1. The Hall–Kier alpha value is -1.35. The third-order valence-electron chi connectivity index (χ3n) is 1.63. The zero-order chi connectivity index (χ0) is 9.68. The van der Waals surface area contributed by atoms with Crippen molar-refractivity contribution in [3.05, 3.63) is 30.0 Å². The first-order valence-electron chi connectivity index (χ1n) is 4.32. The van der Waals surface area contributed by atoms with E-state index in [2.05, 4.69) is 4.98 Å². The van der Waals surface area contributed by atoms with Gasteiger partial charge < -0.3 is 11.5 Å². The Kier molecular flexibility index (Phi) is 3.46. The fourth-order valence-electron chi connectivity index (χ4n) is 0.934. The third-order valence-corrected chi connectivity index (χ3v) is 1.63. The first kappa shape index (κ1) is 9.74. The van der Waals surface area contributed by atoms with Gasteiger partial charge >= 0.3 is 0 Å². The molecule has 0 radical (unpaired) electrons. The van der Waals surface area contributed by atoms with E-state index in [1.807, 2.05) is 25.1 Å². The molecule has 1 heterocycles. The molecule has 1 rings (SSSR count). The van der Waals surface area contributed by atoms with Crippen LogP contribution in [0.5, 0.6) is 0 Å². The molecule has 3 nitrogen and oxygen atoms in total. The van der Waals surface area contributed by atoms with Crippen LogP contribution < -0.4 is 11.5 Å². The van der Waals surface area contributed by atoms with Crippen LogP contribution >= 0.6 is 0 Å². The van der Waals surface area contributed by atoms with Crippen molar-refractivity contribution in [2.24, 2.45) is 5.73 Å². The van der Waals surface area contributed by atoms with E-state index < -0.39 is 0 Å². The van der Waals surface area contributed by atoms with Crippen LogP contribution in [0.25, 0.3) is 6.08 Å². The molecule has 0 saturated carbocycles. The van der Waals surface area contributed by atoms with Crippen molar-refractivity contribution >= 4 is 11.9 Å². The van der Waals surface area contributed by atoms with Crippen LogP contribution in [0.2, 0.25) is 0 Å². The molecule has 0 saturated heterocycles. The van der Waals surface area contributed by atoms with Gasteiger partial charge in [0.15, 0.2) is 0 Å². The predicted octanol–water partition coefficient (Wildman–Crippen LogP) is 1.41. The second kappa shape index (κ2) is 4.62. The van der Waals surface area contributed by atoms with Crippen LogP contribution in [0, 0.1) is 0 Å². The third kappa shape index (κ3) is 3.71. The van der Waals surface area contributed by atoms with Gasteiger partial charge in [-0.1, -0.05) is 12.2 Å². The van der Waals surface area contributed by atoms with Gasteiger partial charge in [-0.2, -0.15) is 0 Å². The average Bonchev–Trinajstić information content (AvgIpc) is 2.08. The number of aromatic nitrogens is 1. The van der Waals surface area contributed by atoms with Crippen LogP contribution in [-0.4, -0.2) is 11.0 Å². The van der Waals surface area contributed by atoms with Gasteiger partial charge in [0.2, 0.25) is 0 Å². The minimum atomic E-state index is 0.206. The molecule has 0 fully saturated rings. The number of hydrogen-bond donors (Lipinski definition) is 2. The molecule has 0 aliphatic rings. The highest BCUT2D eigenvalue weighted by Crippen LogP contribution is 2.04. The number of pyridine rings is 1. The summed E-state index contributed by atoms with van der Waals surface area (Å²) >= 11 is 0. The van der Waals surface area contributed by atoms with Gasteiger partial charge in [-0.05, 0) is 31.0 Å². The molecule has 0 aliphatic heterocycles. The Labute approximate surface area is 78.5 Å². The predicted molar refractivity (Wildman–Crippen MR) is 55.9 cm³/mol. The van der Waals surface area contributed by atoms with Crippen LogP contribution in [0.4, 0.5) is 5.82 Å². The summed E-state index contributed by atoms with van der Waals surface area (Å²) in [5.41, 5.74) is 12.1. The van der Waals surface area contributed by atoms with E-state index in [1.54, 1.807) is 12.3 Å². The summed E-state index contributed by atoms with van der Waals surface area (Å²) in [6, 6.07) is 3.92. The van der Waals surface area contributed by atoms with Crippen LogP contribution in [0.15, 0.2) is 24.4 Å². The second-order valence-corrected chi connectivity index (χ2v) is 3.13. The molecule has 1 aromatic rings. The molecule has 1 atom stereocenters. The lowest BCUT2D eigenvalue weighted by atomic mass is 10.2. The van der Waals surface area contributed by atoms with E-state index in [-0.39, 0.29) is 6.04 Å². The molecule has 0 aromatic carbocycles. The number of nitrogen functional groups attached to an aromatic ring is 1. The SMILES string of the molecule is CC(N)CC=Cc1ccc(N)nc1. The standard InChI is InChI=1S/C10H15N3/c1-8(11)3-2-4-9-5-6-10(12)13-7-9/h2,4-8H,3,11H2,1H3,(H2,12,13). The summed E-state index contributed by atoms with van der Waals surface area (Å²) in [6.45, 7) is 1.98. The lowest BCUT2D eigenvalue weighted by Gasteiger charge is -1.97. The van der Waals surface area contributed by atoms with E-state index in [1.165, 1.54) is 0 Å². The fourth-order valence-corrected chi connectivity index (χ4v) is 0.934. The smallest absolute Gasteiger partial charge is 0.123 e. The summed E-state index contributed by atoms with van der Waals surface area (Å²) in [7, 11) is 0. The maximum absolute atomic E-state index is 5.59. The average molecular weight is 177 g/mol. The van der Waals surface area contributed by atoms with E-state index in [9.17, 15) is 0 Å². The van der Waals surface area contributed by atoms with Crippen molar-refractivity contribution in [1.29, 1.82) is 0 Å². The van der Waals surface area contributed by atoms with E-state index in [4.69, 9.17) is 11.5 Å². The van der Waals surface area contributed by atoms with Crippen molar-refractivity contribution in [2.45, 2.75) is 19.4 Å². The Bertz CT molecular complexity index is 275. The van der Waals surface area contributed by atoms with E-state index in [0.29, 0.717) is 5.82 Å². The lowest BCUT2D eigenvalue weighted by Crippen LogP contribution is -2.12. The van der Waals surface area contributed by atoms with Gasteiger partial charge in [-0.25, -0.2) is 4.98 Å². The Morgan fingerprint density at radius 3 is 2.85 bits per heavy atom. The molecule has 0 amide bonds. The Balaban J connectivity index is 2.54. The highest BCUT2D eigenvalue weighted by molar-refractivity contribution is 5.49. The lowest BCUT2D eigenvalue weighted by molar-refractivity contribution is 0.759. The van der Waals surface area contributed by atoms with E-state index in [0.717, 1.165) is 12.0 Å². The van der Waals surface area contributed by atoms with Gasteiger partial charge in [0.25, 0.3) is 0 Å². The van der Waals surface area contributed by atoms with Crippen LogP contribution in [0.3, 0.4) is 0 Å². The molecular weight excluding hydrogens is 162 g/mol. The topological polar surface area (TPSA) is 64.9 Å². The first-order valence-corrected chi connectivity index (χ1v) is 4.32.